The van der Waals surface area contributed by atoms with Gasteiger partial charge in [0.25, 0.3) is 0 Å². The van der Waals surface area contributed by atoms with Gasteiger partial charge in [-0.3, -0.25) is 0 Å². The lowest BCUT2D eigenvalue weighted by molar-refractivity contribution is -0.115. The summed E-state index contributed by atoms with van der Waals surface area (Å²) in [6.07, 6.45) is -2.91. The van der Waals surface area contributed by atoms with E-state index in [4.69, 9.17) is 11.5 Å². The topological polar surface area (TPSA) is 121 Å². The van der Waals surface area contributed by atoms with Crippen LogP contribution in [0, 0.1) is 5.82 Å². The van der Waals surface area contributed by atoms with Crippen molar-refractivity contribution in [1.82, 2.24) is 24.7 Å². The lowest BCUT2D eigenvalue weighted by Gasteiger charge is -2.13. The monoisotopic (exact) mass is 432 g/mol. The summed E-state index contributed by atoms with van der Waals surface area (Å²) in [5.41, 5.74) is 12.5. The van der Waals surface area contributed by atoms with E-state index in [0.29, 0.717) is 16.6 Å². The summed E-state index contributed by atoms with van der Waals surface area (Å²) in [7, 11) is 0. The smallest absolute Gasteiger partial charge is 0.382 e. The molecule has 1 aromatic carbocycles. The molecule has 4 aromatic rings. The number of rotatable bonds is 5. The molecule has 0 fully saturated rings. The summed E-state index contributed by atoms with van der Waals surface area (Å²) in [6, 6.07) is 9.64. The Morgan fingerprint density at radius 3 is 2.39 bits per heavy atom. The van der Waals surface area contributed by atoms with Crippen LogP contribution in [0.2, 0.25) is 0 Å². The third-order valence-corrected chi connectivity index (χ3v) is 4.43. The molecule has 0 saturated carbocycles. The number of hydrogen-bond acceptors (Lipinski definition) is 7. The molecule has 12 heteroatoms. The first kappa shape index (κ1) is 20.3. The van der Waals surface area contributed by atoms with E-state index < -0.39 is 18.5 Å². The van der Waals surface area contributed by atoms with Crippen molar-refractivity contribution in [3.05, 3.63) is 54.0 Å². The Labute approximate surface area is 172 Å². The Morgan fingerprint density at radius 1 is 1.00 bits per heavy atom. The van der Waals surface area contributed by atoms with Gasteiger partial charge in [0.15, 0.2) is 23.1 Å². The largest absolute Gasteiger partial charge is 0.405 e. The highest BCUT2D eigenvalue weighted by Crippen LogP contribution is 2.31. The van der Waals surface area contributed by atoms with Crippen LogP contribution in [0.25, 0.3) is 22.6 Å². The number of nitrogens with two attached hydrogens (primary N) is 2. The number of hydrogen-bond donors (Lipinski definition) is 3. The van der Waals surface area contributed by atoms with E-state index in [1.807, 2.05) is 0 Å². The minimum absolute atomic E-state index is 0.0119. The quantitative estimate of drug-likeness (QED) is 0.414. The summed E-state index contributed by atoms with van der Waals surface area (Å²) >= 11 is 0. The molecule has 0 radical (unpaired) electrons. The Kier molecular flexibility index (Phi) is 5.05. The van der Waals surface area contributed by atoms with Crippen molar-refractivity contribution in [2.75, 3.05) is 23.3 Å². The predicted molar refractivity (Wildman–Crippen MR) is 107 cm³/mol. The molecule has 0 saturated heterocycles. The van der Waals surface area contributed by atoms with Crippen LogP contribution in [0.5, 0.6) is 0 Å². The Balaban J connectivity index is 1.76. The lowest BCUT2D eigenvalue weighted by Crippen LogP contribution is -2.23. The fourth-order valence-corrected chi connectivity index (χ4v) is 3.04. The number of halogens is 4. The maximum absolute atomic E-state index is 14.1. The summed E-state index contributed by atoms with van der Waals surface area (Å²) in [5, 5.41) is 7.10. The van der Waals surface area contributed by atoms with Crippen molar-refractivity contribution >= 4 is 28.4 Å². The van der Waals surface area contributed by atoms with Crippen LogP contribution in [0.1, 0.15) is 5.56 Å². The van der Waals surface area contributed by atoms with Crippen LogP contribution in [0.4, 0.5) is 34.9 Å². The van der Waals surface area contributed by atoms with Crippen molar-refractivity contribution in [3.8, 4) is 11.5 Å². The summed E-state index contributed by atoms with van der Waals surface area (Å²) in [5.74, 6) is -0.897. The molecule has 0 unspecified atom stereocenters. The van der Waals surface area contributed by atoms with Crippen molar-refractivity contribution in [1.29, 1.82) is 0 Å². The molecule has 3 aromatic heterocycles. The summed E-state index contributed by atoms with van der Waals surface area (Å²) in [4.78, 5) is 12.4. The molecule has 31 heavy (non-hydrogen) atoms. The molecule has 8 nitrogen and oxygen atoms in total. The zero-order valence-corrected chi connectivity index (χ0v) is 15.9. The molecule has 5 N–H and O–H groups in total. The molecule has 160 valence electrons. The van der Waals surface area contributed by atoms with Gasteiger partial charge < -0.3 is 16.8 Å². The number of alkyl halides is 3. The normalized spacial score (nSPS) is 11.7. The molecule has 0 atom stereocenters. The molecule has 0 aliphatic heterocycles. The standard InChI is InChI=1S/C19H16F4N8/c20-12-6-2-1-4-10(12)8-31-18-11(5-3-7-26-18)13(30-31)17-28-15(24)14(16(25)29-17)27-9-19(21,22)23/h1-7,27H,8-9H2,(H4,24,25,28,29). The van der Waals surface area contributed by atoms with Gasteiger partial charge in [0.1, 0.15) is 23.7 Å². The zero-order valence-electron chi connectivity index (χ0n) is 15.9. The highest BCUT2D eigenvalue weighted by atomic mass is 19.4. The number of pyridine rings is 1. The Hall–Kier alpha value is -3.96. The maximum atomic E-state index is 14.1. The van der Waals surface area contributed by atoms with Crippen LogP contribution in [-0.2, 0) is 6.54 Å². The van der Waals surface area contributed by atoms with Crippen molar-refractivity contribution in [3.63, 3.8) is 0 Å². The third kappa shape index (κ3) is 4.17. The number of nitrogen functional groups attached to an aromatic ring is 2. The van der Waals surface area contributed by atoms with Gasteiger partial charge in [0.2, 0.25) is 0 Å². The van der Waals surface area contributed by atoms with Crippen molar-refractivity contribution in [2.24, 2.45) is 0 Å². The van der Waals surface area contributed by atoms with E-state index in [-0.39, 0.29) is 35.4 Å². The molecule has 3 heterocycles. The van der Waals surface area contributed by atoms with Crippen LogP contribution in [0.15, 0.2) is 42.6 Å². The van der Waals surface area contributed by atoms with Gasteiger partial charge in [-0.15, -0.1) is 0 Å². The minimum atomic E-state index is -4.47. The lowest BCUT2D eigenvalue weighted by atomic mass is 10.2. The summed E-state index contributed by atoms with van der Waals surface area (Å²) < 4.78 is 53.1. The first-order chi connectivity index (χ1) is 14.7. The molecule has 0 bridgehead atoms. The second-order valence-corrected chi connectivity index (χ2v) is 6.63. The molecule has 0 amide bonds. The molecular formula is C19H16F4N8. The first-order valence-corrected chi connectivity index (χ1v) is 9.02. The number of aromatic nitrogens is 5. The molecule has 0 aliphatic rings. The Morgan fingerprint density at radius 2 is 1.71 bits per heavy atom. The average molecular weight is 432 g/mol. The Bertz CT molecular complexity index is 1230. The van der Waals surface area contributed by atoms with E-state index in [2.05, 4.69) is 25.4 Å². The van der Waals surface area contributed by atoms with Gasteiger partial charge in [-0.05, 0) is 18.2 Å². The fourth-order valence-electron chi connectivity index (χ4n) is 3.04. The number of nitrogens with one attached hydrogen (secondary N) is 1. The molecule has 4 rings (SSSR count). The van der Waals surface area contributed by atoms with Crippen molar-refractivity contribution in [2.45, 2.75) is 12.7 Å². The van der Waals surface area contributed by atoms with E-state index in [9.17, 15) is 17.6 Å². The summed E-state index contributed by atoms with van der Waals surface area (Å²) in [6.45, 7) is -1.25. The van der Waals surface area contributed by atoms with Crippen LogP contribution in [-0.4, -0.2) is 37.5 Å². The van der Waals surface area contributed by atoms with Gasteiger partial charge in [0, 0.05) is 11.8 Å². The molecule has 0 aliphatic carbocycles. The molecular weight excluding hydrogens is 416 g/mol. The predicted octanol–water partition coefficient (Wildman–Crippen LogP) is 3.21. The zero-order chi connectivity index (χ0) is 22.2. The maximum Gasteiger partial charge on any atom is 0.405 e. The van der Waals surface area contributed by atoms with Gasteiger partial charge in [-0.1, -0.05) is 18.2 Å². The van der Waals surface area contributed by atoms with Gasteiger partial charge in [0.05, 0.1) is 11.9 Å². The van der Waals surface area contributed by atoms with Gasteiger partial charge in [-0.2, -0.15) is 18.3 Å². The third-order valence-electron chi connectivity index (χ3n) is 4.43. The van der Waals surface area contributed by atoms with Gasteiger partial charge >= 0.3 is 6.18 Å². The number of fused-ring (bicyclic) bond motifs is 1. The van der Waals surface area contributed by atoms with Crippen LogP contribution >= 0.6 is 0 Å². The first-order valence-electron chi connectivity index (χ1n) is 9.02. The highest BCUT2D eigenvalue weighted by molar-refractivity contribution is 5.90. The fraction of sp³-hybridized carbons (Fsp3) is 0.158. The number of benzene rings is 1. The number of nitrogens with zero attached hydrogens (tertiary/aromatic N) is 5. The second-order valence-electron chi connectivity index (χ2n) is 6.63. The minimum Gasteiger partial charge on any atom is -0.382 e. The highest BCUT2D eigenvalue weighted by Gasteiger charge is 2.28. The van der Waals surface area contributed by atoms with E-state index >= 15 is 0 Å². The molecule has 0 spiro atoms. The van der Waals surface area contributed by atoms with Crippen molar-refractivity contribution < 1.29 is 17.6 Å². The van der Waals surface area contributed by atoms with E-state index in [1.54, 1.807) is 36.5 Å². The second kappa shape index (κ2) is 7.70. The van der Waals surface area contributed by atoms with E-state index in [0.717, 1.165) is 0 Å². The van der Waals surface area contributed by atoms with Gasteiger partial charge in [-0.25, -0.2) is 24.0 Å². The average Bonchev–Trinajstić information content (AvgIpc) is 3.07. The number of anilines is 3. The van der Waals surface area contributed by atoms with Crippen LogP contribution in [0.3, 0.4) is 0 Å². The van der Waals surface area contributed by atoms with Crippen LogP contribution < -0.4 is 16.8 Å². The van der Waals surface area contributed by atoms with E-state index in [1.165, 1.54) is 10.7 Å². The SMILES string of the molecule is Nc1nc(-c2nn(Cc3ccccc3F)c3ncccc23)nc(N)c1NCC(F)(F)F.